The highest BCUT2D eigenvalue weighted by Crippen LogP contribution is 2.16. The summed E-state index contributed by atoms with van der Waals surface area (Å²) < 4.78 is 0. The van der Waals surface area contributed by atoms with E-state index in [1.54, 1.807) is 12.4 Å². The number of nitrogens with zero attached hydrogens (tertiary/aromatic N) is 2. The number of hydrogen-bond acceptors (Lipinski definition) is 4. The number of nitrogens with one attached hydrogen (secondary N) is 1. The summed E-state index contributed by atoms with van der Waals surface area (Å²) in [5.74, 6) is -0.118. The highest BCUT2D eigenvalue weighted by Gasteiger charge is 2.28. The number of rotatable bonds is 5. The smallest absolute Gasteiger partial charge is 0.264 e. The zero-order valence-corrected chi connectivity index (χ0v) is 14.0. The molecular formula is C19H21N3O2. The van der Waals surface area contributed by atoms with Gasteiger partial charge in [0, 0.05) is 30.9 Å². The molecule has 24 heavy (non-hydrogen) atoms. The van der Waals surface area contributed by atoms with Crippen LogP contribution in [0.25, 0.3) is 0 Å². The van der Waals surface area contributed by atoms with Gasteiger partial charge in [0.25, 0.3) is 5.91 Å². The predicted molar refractivity (Wildman–Crippen MR) is 92.9 cm³/mol. The molecule has 1 aliphatic heterocycles. The van der Waals surface area contributed by atoms with E-state index >= 15 is 0 Å². The number of amides is 1. The van der Waals surface area contributed by atoms with Crippen molar-refractivity contribution in [3.8, 4) is 0 Å². The molecule has 5 nitrogen and oxygen atoms in total. The summed E-state index contributed by atoms with van der Waals surface area (Å²) in [4.78, 5) is 21.5. The fourth-order valence-corrected chi connectivity index (χ4v) is 2.89. The minimum absolute atomic E-state index is 0.118. The third-order valence-electron chi connectivity index (χ3n) is 3.97. The summed E-state index contributed by atoms with van der Waals surface area (Å²) in [6.07, 6.45) is 4.15. The molecule has 1 atom stereocenters. The SMILES string of the molecule is Cc1cc(C)cc(CCNC(=O)[C@H]2CC(c3ccncc3)=NO2)c1. The molecule has 3 rings (SSSR count). The van der Waals surface area contributed by atoms with Crippen LogP contribution in [0, 0.1) is 13.8 Å². The summed E-state index contributed by atoms with van der Waals surface area (Å²) in [6.45, 7) is 4.75. The Hall–Kier alpha value is -2.69. The number of oxime groups is 1. The first-order chi connectivity index (χ1) is 11.6. The molecule has 0 saturated heterocycles. The van der Waals surface area contributed by atoms with Crippen LogP contribution < -0.4 is 5.32 Å². The predicted octanol–water partition coefficient (Wildman–Crippen LogP) is 2.55. The molecule has 1 aliphatic rings. The maximum atomic E-state index is 12.2. The van der Waals surface area contributed by atoms with E-state index in [0.29, 0.717) is 13.0 Å². The average molecular weight is 323 g/mol. The Balaban J connectivity index is 1.48. The van der Waals surface area contributed by atoms with Gasteiger partial charge in [0.05, 0.1) is 5.71 Å². The van der Waals surface area contributed by atoms with E-state index < -0.39 is 6.10 Å². The van der Waals surface area contributed by atoms with Gasteiger partial charge in [-0.1, -0.05) is 34.5 Å². The van der Waals surface area contributed by atoms with Gasteiger partial charge in [0.1, 0.15) is 0 Å². The van der Waals surface area contributed by atoms with Gasteiger partial charge in [-0.3, -0.25) is 9.78 Å². The molecule has 0 radical (unpaired) electrons. The van der Waals surface area contributed by atoms with Crippen molar-refractivity contribution in [3.05, 3.63) is 65.0 Å². The Bertz CT molecular complexity index is 736. The lowest BCUT2D eigenvalue weighted by Gasteiger charge is -2.10. The molecule has 0 bridgehead atoms. The third kappa shape index (κ3) is 3.98. The zero-order chi connectivity index (χ0) is 16.9. The summed E-state index contributed by atoms with van der Waals surface area (Å²) in [5, 5.41) is 6.96. The number of carbonyl (C=O) groups is 1. The van der Waals surface area contributed by atoms with Crippen LogP contribution in [-0.2, 0) is 16.1 Å². The van der Waals surface area contributed by atoms with E-state index in [4.69, 9.17) is 4.84 Å². The minimum atomic E-state index is -0.549. The van der Waals surface area contributed by atoms with Crippen molar-refractivity contribution in [2.24, 2.45) is 5.16 Å². The van der Waals surface area contributed by atoms with Crippen molar-refractivity contribution >= 4 is 11.6 Å². The molecule has 124 valence electrons. The Morgan fingerprint density at radius 3 is 2.62 bits per heavy atom. The van der Waals surface area contributed by atoms with E-state index in [1.165, 1.54) is 16.7 Å². The van der Waals surface area contributed by atoms with E-state index in [-0.39, 0.29) is 5.91 Å². The first-order valence-electron chi connectivity index (χ1n) is 8.10. The van der Waals surface area contributed by atoms with E-state index in [0.717, 1.165) is 17.7 Å². The zero-order valence-electron chi connectivity index (χ0n) is 14.0. The fraction of sp³-hybridized carbons (Fsp3) is 0.316. The van der Waals surface area contributed by atoms with Crippen molar-refractivity contribution in [3.63, 3.8) is 0 Å². The summed E-state index contributed by atoms with van der Waals surface area (Å²) in [6, 6.07) is 10.2. The maximum absolute atomic E-state index is 12.2. The van der Waals surface area contributed by atoms with Gasteiger partial charge in [-0.25, -0.2) is 0 Å². The van der Waals surface area contributed by atoms with Gasteiger partial charge in [-0.05, 0) is 38.0 Å². The van der Waals surface area contributed by atoms with Crippen molar-refractivity contribution in [2.45, 2.75) is 32.8 Å². The summed E-state index contributed by atoms with van der Waals surface area (Å²) >= 11 is 0. The average Bonchev–Trinajstić information content (AvgIpc) is 3.05. The number of benzene rings is 1. The standard InChI is InChI=1S/C19H21N3O2/c1-13-9-14(2)11-15(10-13)3-8-21-19(23)18-12-17(22-24-18)16-4-6-20-7-5-16/h4-7,9-11,18H,3,8,12H2,1-2H3,(H,21,23)/t18-/m1/s1. The van der Waals surface area contributed by atoms with E-state index in [1.807, 2.05) is 12.1 Å². The van der Waals surface area contributed by atoms with Gasteiger partial charge in [0.15, 0.2) is 0 Å². The monoisotopic (exact) mass is 323 g/mol. The maximum Gasteiger partial charge on any atom is 0.264 e. The lowest BCUT2D eigenvalue weighted by Crippen LogP contribution is -2.36. The third-order valence-corrected chi connectivity index (χ3v) is 3.97. The van der Waals surface area contributed by atoms with Gasteiger partial charge in [-0.15, -0.1) is 0 Å². The Morgan fingerprint density at radius 2 is 1.92 bits per heavy atom. The largest absolute Gasteiger partial charge is 0.382 e. The van der Waals surface area contributed by atoms with Crippen LogP contribution >= 0.6 is 0 Å². The highest BCUT2D eigenvalue weighted by atomic mass is 16.6. The second kappa shape index (κ2) is 7.25. The van der Waals surface area contributed by atoms with Crippen LogP contribution in [0.2, 0.25) is 0 Å². The molecule has 1 N–H and O–H groups in total. The second-order valence-electron chi connectivity index (χ2n) is 6.11. The second-order valence-corrected chi connectivity index (χ2v) is 6.11. The molecule has 5 heteroatoms. The molecule has 0 aliphatic carbocycles. The van der Waals surface area contributed by atoms with Crippen LogP contribution in [0.15, 0.2) is 47.9 Å². The molecule has 0 fully saturated rings. The highest BCUT2D eigenvalue weighted by molar-refractivity contribution is 6.03. The van der Waals surface area contributed by atoms with E-state index in [9.17, 15) is 4.79 Å². The molecule has 1 aromatic heterocycles. The minimum Gasteiger partial charge on any atom is -0.382 e. The van der Waals surface area contributed by atoms with Crippen molar-refractivity contribution in [1.29, 1.82) is 0 Å². The Kier molecular flexibility index (Phi) is 4.89. The number of aryl methyl sites for hydroxylation is 2. The molecule has 2 aromatic rings. The number of hydrogen-bond donors (Lipinski definition) is 1. The first-order valence-corrected chi connectivity index (χ1v) is 8.10. The van der Waals surface area contributed by atoms with Crippen LogP contribution in [0.4, 0.5) is 0 Å². The molecule has 2 heterocycles. The van der Waals surface area contributed by atoms with E-state index in [2.05, 4.69) is 47.5 Å². The number of pyridine rings is 1. The van der Waals surface area contributed by atoms with Crippen molar-refractivity contribution in [2.75, 3.05) is 6.54 Å². The van der Waals surface area contributed by atoms with Crippen LogP contribution in [-0.4, -0.2) is 29.3 Å². The quantitative estimate of drug-likeness (QED) is 0.920. The van der Waals surface area contributed by atoms with Gasteiger partial charge in [-0.2, -0.15) is 0 Å². The van der Waals surface area contributed by atoms with Crippen LogP contribution in [0.1, 0.15) is 28.7 Å². The molecule has 1 aromatic carbocycles. The topological polar surface area (TPSA) is 63.6 Å². The molecular weight excluding hydrogens is 302 g/mol. The normalized spacial score (nSPS) is 16.4. The first kappa shape index (κ1) is 16.2. The summed E-state index contributed by atoms with van der Waals surface area (Å²) in [5.41, 5.74) is 5.44. The molecule has 0 spiro atoms. The molecule has 0 unspecified atom stereocenters. The van der Waals surface area contributed by atoms with Gasteiger partial charge in [0.2, 0.25) is 6.10 Å². The van der Waals surface area contributed by atoms with Crippen LogP contribution in [0.5, 0.6) is 0 Å². The van der Waals surface area contributed by atoms with Gasteiger partial charge < -0.3 is 10.2 Å². The van der Waals surface area contributed by atoms with Crippen molar-refractivity contribution in [1.82, 2.24) is 10.3 Å². The van der Waals surface area contributed by atoms with Crippen LogP contribution in [0.3, 0.4) is 0 Å². The summed E-state index contributed by atoms with van der Waals surface area (Å²) in [7, 11) is 0. The Labute approximate surface area is 141 Å². The van der Waals surface area contributed by atoms with Crippen molar-refractivity contribution < 1.29 is 9.63 Å². The Morgan fingerprint density at radius 1 is 1.21 bits per heavy atom. The molecule has 0 saturated carbocycles. The lowest BCUT2D eigenvalue weighted by atomic mass is 10.0. The lowest BCUT2D eigenvalue weighted by molar-refractivity contribution is -0.131. The fourth-order valence-electron chi connectivity index (χ4n) is 2.89. The molecule has 1 amide bonds. The number of carbonyl (C=O) groups excluding carboxylic acids is 1. The van der Waals surface area contributed by atoms with Gasteiger partial charge >= 0.3 is 0 Å². The number of aromatic nitrogens is 1.